The van der Waals surface area contributed by atoms with Gasteiger partial charge in [-0.3, -0.25) is 9.59 Å². The highest BCUT2D eigenvalue weighted by Gasteiger charge is 2.12. The average Bonchev–Trinajstić information content (AvgIpc) is 2.95. The highest BCUT2D eigenvalue weighted by Crippen LogP contribution is 2.14. The van der Waals surface area contributed by atoms with Gasteiger partial charge in [0.25, 0.3) is 5.91 Å². The summed E-state index contributed by atoms with van der Waals surface area (Å²) in [7, 11) is 0. The fourth-order valence-corrected chi connectivity index (χ4v) is 2.75. The molecule has 0 unspecified atom stereocenters. The van der Waals surface area contributed by atoms with Gasteiger partial charge in [-0.05, 0) is 31.2 Å². The van der Waals surface area contributed by atoms with Crippen LogP contribution in [-0.4, -0.2) is 34.5 Å². The largest absolute Gasteiger partial charge is 0.353 e. The van der Waals surface area contributed by atoms with Crippen LogP contribution in [0.1, 0.15) is 16.2 Å². The number of rotatable bonds is 6. The lowest BCUT2D eigenvalue weighted by Crippen LogP contribution is -2.38. The summed E-state index contributed by atoms with van der Waals surface area (Å²) in [5.41, 5.74) is 1.83. The predicted octanol–water partition coefficient (Wildman–Crippen LogP) is 2.03. The number of carbonyl (C=O) groups excluding carboxylic acids is 2. The lowest BCUT2D eigenvalue weighted by atomic mass is 10.2. The van der Waals surface area contributed by atoms with E-state index in [1.54, 1.807) is 6.07 Å². The molecule has 1 heterocycles. The van der Waals surface area contributed by atoms with Gasteiger partial charge in [0.15, 0.2) is 0 Å². The number of nitrogens with zero attached hydrogens (tertiary/aromatic N) is 2. The van der Waals surface area contributed by atoms with Crippen LogP contribution in [0.25, 0.3) is 11.0 Å². The minimum atomic E-state index is -0.618. The van der Waals surface area contributed by atoms with Crippen LogP contribution in [-0.2, 0) is 11.3 Å². The molecule has 2 N–H and O–H groups in total. The Hall–Kier alpha value is -3.22. The Morgan fingerprint density at radius 3 is 2.62 bits per heavy atom. The summed E-state index contributed by atoms with van der Waals surface area (Å²) in [6.45, 7) is 2.67. The molecule has 26 heavy (non-hydrogen) atoms. The monoisotopic (exact) mass is 354 g/mol. The summed E-state index contributed by atoms with van der Waals surface area (Å²) in [5, 5.41) is 5.15. The summed E-state index contributed by atoms with van der Waals surface area (Å²) < 4.78 is 15.5. The summed E-state index contributed by atoms with van der Waals surface area (Å²) in [6.07, 6.45) is 0. The molecule has 0 aliphatic heterocycles. The maximum atomic E-state index is 13.5. The Bertz CT molecular complexity index is 952. The van der Waals surface area contributed by atoms with E-state index in [0.29, 0.717) is 13.1 Å². The van der Waals surface area contributed by atoms with E-state index < -0.39 is 11.7 Å². The van der Waals surface area contributed by atoms with Crippen molar-refractivity contribution < 1.29 is 14.0 Å². The first-order valence-corrected chi connectivity index (χ1v) is 8.27. The third kappa shape index (κ3) is 3.88. The topological polar surface area (TPSA) is 76.0 Å². The number of para-hydroxylation sites is 2. The zero-order valence-electron chi connectivity index (χ0n) is 14.3. The standard InChI is InChI=1S/C19H19FN4O2/c1-13-23-16-8-4-5-9-17(16)24(13)11-10-21-18(25)12-22-19(26)14-6-2-3-7-15(14)20/h2-9H,10-12H2,1H3,(H,21,25)(H,22,26). The lowest BCUT2D eigenvalue weighted by Gasteiger charge is -2.09. The quantitative estimate of drug-likeness (QED) is 0.711. The third-order valence-corrected chi connectivity index (χ3v) is 4.03. The van der Waals surface area contributed by atoms with Gasteiger partial charge in [-0.25, -0.2) is 9.37 Å². The summed E-state index contributed by atoms with van der Waals surface area (Å²) in [6, 6.07) is 13.4. The Kier molecular flexibility index (Phi) is 5.26. The predicted molar refractivity (Wildman–Crippen MR) is 96.2 cm³/mol. The third-order valence-electron chi connectivity index (χ3n) is 4.03. The van der Waals surface area contributed by atoms with Crippen LogP contribution in [0, 0.1) is 12.7 Å². The number of aromatic nitrogens is 2. The maximum Gasteiger partial charge on any atom is 0.254 e. The normalized spacial score (nSPS) is 10.7. The van der Waals surface area contributed by atoms with Gasteiger partial charge < -0.3 is 15.2 Å². The van der Waals surface area contributed by atoms with Crippen molar-refractivity contribution in [3.63, 3.8) is 0 Å². The first-order chi connectivity index (χ1) is 12.6. The fourth-order valence-electron chi connectivity index (χ4n) is 2.75. The first kappa shape index (κ1) is 17.6. The summed E-state index contributed by atoms with van der Waals surface area (Å²) in [5.74, 6) is -0.701. The minimum absolute atomic E-state index is 0.0826. The summed E-state index contributed by atoms with van der Waals surface area (Å²) >= 11 is 0. The minimum Gasteiger partial charge on any atom is -0.353 e. The van der Waals surface area contributed by atoms with Gasteiger partial charge in [0, 0.05) is 13.1 Å². The van der Waals surface area contributed by atoms with Crippen LogP contribution in [0.4, 0.5) is 4.39 Å². The molecule has 0 saturated carbocycles. The molecule has 3 aromatic rings. The number of benzene rings is 2. The molecule has 0 atom stereocenters. The second-order valence-electron chi connectivity index (χ2n) is 5.81. The summed E-state index contributed by atoms with van der Waals surface area (Å²) in [4.78, 5) is 28.2. The second-order valence-corrected chi connectivity index (χ2v) is 5.81. The molecule has 134 valence electrons. The second kappa shape index (κ2) is 7.77. The van der Waals surface area contributed by atoms with Gasteiger partial charge in [0.1, 0.15) is 11.6 Å². The van der Waals surface area contributed by atoms with Crippen LogP contribution >= 0.6 is 0 Å². The highest BCUT2D eigenvalue weighted by molar-refractivity contribution is 5.96. The van der Waals surface area contributed by atoms with Crippen molar-refractivity contribution in [3.05, 3.63) is 65.7 Å². The first-order valence-electron chi connectivity index (χ1n) is 8.27. The van der Waals surface area contributed by atoms with Crippen molar-refractivity contribution in [1.29, 1.82) is 0 Å². The number of carbonyl (C=O) groups is 2. The fraction of sp³-hybridized carbons (Fsp3) is 0.211. The zero-order chi connectivity index (χ0) is 18.5. The number of aryl methyl sites for hydroxylation is 1. The van der Waals surface area contributed by atoms with Crippen molar-refractivity contribution >= 4 is 22.8 Å². The number of imidazole rings is 1. The number of amides is 2. The van der Waals surface area contributed by atoms with E-state index in [0.717, 1.165) is 16.9 Å². The smallest absolute Gasteiger partial charge is 0.254 e. The van der Waals surface area contributed by atoms with Gasteiger partial charge in [-0.15, -0.1) is 0 Å². The molecule has 0 bridgehead atoms. The number of hydrogen-bond acceptors (Lipinski definition) is 3. The van der Waals surface area contributed by atoms with Crippen LogP contribution in [0.5, 0.6) is 0 Å². The molecule has 7 heteroatoms. The van der Waals surface area contributed by atoms with Crippen molar-refractivity contribution in [2.45, 2.75) is 13.5 Å². The molecule has 0 radical (unpaired) electrons. The van der Waals surface area contributed by atoms with Crippen LogP contribution < -0.4 is 10.6 Å². The molecule has 0 aliphatic rings. The van der Waals surface area contributed by atoms with Gasteiger partial charge in [-0.2, -0.15) is 0 Å². The Balaban J connectivity index is 1.49. The van der Waals surface area contributed by atoms with Crippen molar-refractivity contribution in [3.8, 4) is 0 Å². The molecule has 2 aromatic carbocycles. The Morgan fingerprint density at radius 1 is 1.08 bits per heavy atom. The number of halogens is 1. The van der Waals surface area contributed by atoms with Crippen molar-refractivity contribution in [2.24, 2.45) is 0 Å². The van der Waals surface area contributed by atoms with Crippen LogP contribution in [0.3, 0.4) is 0 Å². The van der Waals surface area contributed by atoms with Gasteiger partial charge >= 0.3 is 0 Å². The lowest BCUT2D eigenvalue weighted by molar-refractivity contribution is -0.120. The van der Waals surface area contributed by atoms with Gasteiger partial charge in [0.2, 0.25) is 5.91 Å². The van der Waals surface area contributed by atoms with E-state index in [2.05, 4.69) is 15.6 Å². The van der Waals surface area contributed by atoms with E-state index in [4.69, 9.17) is 0 Å². The highest BCUT2D eigenvalue weighted by atomic mass is 19.1. The van der Waals surface area contributed by atoms with Gasteiger partial charge in [0.05, 0.1) is 23.1 Å². The Morgan fingerprint density at radius 2 is 1.81 bits per heavy atom. The van der Waals surface area contributed by atoms with E-state index in [9.17, 15) is 14.0 Å². The molecule has 0 spiro atoms. The molecule has 0 saturated heterocycles. The SMILES string of the molecule is Cc1nc2ccccc2n1CCNC(=O)CNC(=O)c1ccccc1F. The number of nitrogens with one attached hydrogen (secondary N) is 2. The van der Waals surface area contributed by atoms with E-state index >= 15 is 0 Å². The number of hydrogen-bond donors (Lipinski definition) is 2. The van der Waals surface area contributed by atoms with Crippen LogP contribution in [0.2, 0.25) is 0 Å². The molecule has 0 aliphatic carbocycles. The maximum absolute atomic E-state index is 13.5. The molecule has 1 aromatic heterocycles. The molecule has 6 nitrogen and oxygen atoms in total. The average molecular weight is 354 g/mol. The van der Waals surface area contributed by atoms with E-state index in [-0.39, 0.29) is 18.0 Å². The Labute approximate surface area is 150 Å². The molecule has 0 fully saturated rings. The molecular formula is C19H19FN4O2. The van der Waals surface area contributed by atoms with E-state index in [1.165, 1.54) is 18.2 Å². The molecular weight excluding hydrogens is 335 g/mol. The molecule has 3 rings (SSSR count). The number of fused-ring (bicyclic) bond motifs is 1. The van der Waals surface area contributed by atoms with Crippen molar-refractivity contribution in [2.75, 3.05) is 13.1 Å². The van der Waals surface area contributed by atoms with Crippen molar-refractivity contribution in [1.82, 2.24) is 20.2 Å². The van der Waals surface area contributed by atoms with Crippen LogP contribution in [0.15, 0.2) is 48.5 Å². The molecule has 2 amide bonds. The van der Waals surface area contributed by atoms with Gasteiger partial charge in [-0.1, -0.05) is 24.3 Å². The van der Waals surface area contributed by atoms with E-state index in [1.807, 2.05) is 35.8 Å². The zero-order valence-corrected chi connectivity index (χ0v) is 14.3.